The van der Waals surface area contributed by atoms with Crippen molar-refractivity contribution in [1.29, 1.82) is 0 Å². The van der Waals surface area contributed by atoms with E-state index in [-0.39, 0.29) is 0 Å². The number of ether oxygens (including phenoxy) is 1. The van der Waals surface area contributed by atoms with Crippen molar-refractivity contribution in [2.45, 2.75) is 19.8 Å². The van der Waals surface area contributed by atoms with Crippen molar-refractivity contribution in [3.05, 3.63) is 54.1 Å². The Morgan fingerprint density at radius 3 is 2.42 bits per heavy atom. The van der Waals surface area contributed by atoms with Crippen LogP contribution in [0.4, 0.5) is 0 Å². The molecule has 0 radical (unpaired) electrons. The second kappa shape index (κ2) is 4.58. The Bertz CT molecular complexity index is 697. The van der Waals surface area contributed by atoms with Crippen LogP contribution in [0.3, 0.4) is 0 Å². The highest BCUT2D eigenvalue weighted by Gasteiger charge is 2.10. The Balaban J connectivity index is 2.27. The van der Waals surface area contributed by atoms with Gasteiger partial charge in [0, 0.05) is 0 Å². The van der Waals surface area contributed by atoms with E-state index in [2.05, 4.69) is 56.3 Å². The van der Waals surface area contributed by atoms with E-state index in [1.807, 2.05) is 6.07 Å². The van der Waals surface area contributed by atoms with Crippen LogP contribution in [0.1, 0.15) is 25.3 Å². The van der Waals surface area contributed by atoms with E-state index in [0.29, 0.717) is 5.92 Å². The van der Waals surface area contributed by atoms with Crippen LogP contribution in [-0.2, 0) is 0 Å². The standard InChI is InChI=1S/C18H18O/c1-12(2)13-4-5-14-10-15-6-8-16(19-3)11-18(15)17(14)9-7-13/h4-12H,1-3H3. The lowest BCUT2D eigenvalue weighted by Gasteiger charge is -2.00. The Kier molecular flexibility index (Phi) is 2.90. The molecule has 96 valence electrons. The van der Waals surface area contributed by atoms with Crippen molar-refractivity contribution >= 4 is 10.8 Å². The maximum Gasteiger partial charge on any atom is 0.119 e. The van der Waals surface area contributed by atoms with Crippen molar-refractivity contribution in [2.24, 2.45) is 0 Å². The van der Waals surface area contributed by atoms with Gasteiger partial charge in [-0.2, -0.15) is 0 Å². The molecule has 0 aromatic heterocycles. The molecular weight excluding hydrogens is 232 g/mol. The largest absolute Gasteiger partial charge is 0.497 e. The number of fused-ring (bicyclic) bond motifs is 3. The van der Waals surface area contributed by atoms with E-state index >= 15 is 0 Å². The molecule has 0 N–H and O–H groups in total. The summed E-state index contributed by atoms with van der Waals surface area (Å²) in [6, 6.07) is 17.4. The Hall–Kier alpha value is -2.02. The topological polar surface area (TPSA) is 9.23 Å². The molecule has 1 aromatic rings. The average molecular weight is 250 g/mol. The van der Waals surface area contributed by atoms with Gasteiger partial charge in [-0.3, -0.25) is 0 Å². The molecule has 2 aliphatic carbocycles. The fourth-order valence-corrected chi connectivity index (χ4v) is 2.55. The van der Waals surface area contributed by atoms with Crippen molar-refractivity contribution in [3.8, 4) is 16.9 Å². The molecule has 0 spiro atoms. The SMILES string of the molecule is COc1ccc2cc3ccc(C(C)C)ccc-3c2c1. The number of hydrogen-bond acceptors (Lipinski definition) is 1. The zero-order valence-electron chi connectivity index (χ0n) is 11.6. The van der Waals surface area contributed by atoms with Crippen molar-refractivity contribution in [3.63, 3.8) is 0 Å². The highest BCUT2D eigenvalue weighted by Crippen LogP contribution is 2.36. The third-order valence-electron chi connectivity index (χ3n) is 3.74. The summed E-state index contributed by atoms with van der Waals surface area (Å²) in [5, 5.41) is 2.54. The van der Waals surface area contributed by atoms with E-state index in [9.17, 15) is 0 Å². The van der Waals surface area contributed by atoms with Crippen LogP contribution in [0.15, 0.2) is 48.5 Å². The molecule has 0 heterocycles. The van der Waals surface area contributed by atoms with E-state index in [0.717, 1.165) is 5.75 Å². The summed E-state index contributed by atoms with van der Waals surface area (Å²) < 4.78 is 5.33. The molecule has 0 aliphatic heterocycles. The lowest BCUT2D eigenvalue weighted by atomic mass is 10.1. The van der Waals surface area contributed by atoms with Gasteiger partial charge in [0.2, 0.25) is 0 Å². The van der Waals surface area contributed by atoms with Crippen molar-refractivity contribution in [2.75, 3.05) is 7.11 Å². The summed E-state index contributed by atoms with van der Waals surface area (Å²) in [5.74, 6) is 1.47. The summed E-state index contributed by atoms with van der Waals surface area (Å²) in [7, 11) is 1.71. The molecule has 1 heteroatoms. The van der Waals surface area contributed by atoms with Crippen LogP contribution in [0, 0.1) is 0 Å². The minimum atomic E-state index is 0.553. The first-order chi connectivity index (χ1) is 9.19. The smallest absolute Gasteiger partial charge is 0.119 e. The molecule has 0 amide bonds. The second-order valence-electron chi connectivity index (χ2n) is 5.29. The Labute approximate surface area is 114 Å². The maximum atomic E-state index is 5.33. The highest BCUT2D eigenvalue weighted by molar-refractivity contribution is 6.02. The Morgan fingerprint density at radius 2 is 1.68 bits per heavy atom. The highest BCUT2D eigenvalue weighted by atomic mass is 16.5. The van der Waals surface area contributed by atoms with Crippen LogP contribution in [0.25, 0.3) is 21.9 Å². The lowest BCUT2D eigenvalue weighted by molar-refractivity contribution is 0.415. The second-order valence-corrected chi connectivity index (χ2v) is 5.29. The third-order valence-corrected chi connectivity index (χ3v) is 3.74. The van der Waals surface area contributed by atoms with Gasteiger partial charge in [0.1, 0.15) is 5.75 Å². The number of benzene rings is 1. The monoisotopic (exact) mass is 250 g/mol. The number of hydrogen-bond donors (Lipinski definition) is 0. The van der Waals surface area contributed by atoms with Crippen LogP contribution in [0.5, 0.6) is 5.75 Å². The van der Waals surface area contributed by atoms with Gasteiger partial charge in [0.15, 0.2) is 0 Å². The van der Waals surface area contributed by atoms with Gasteiger partial charge < -0.3 is 4.74 Å². The summed E-state index contributed by atoms with van der Waals surface area (Å²) in [5.41, 5.74) is 3.95. The van der Waals surface area contributed by atoms with Gasteiger partial charge in [-0.15, -0.1) is 0 Å². The summed E-state index contributed by atoms with van der Waals surface area (Å²) in [4.78, 5) is 0. The molecule has 0 saturated heterocycles. The predicted molar refractivity (Wildman–Crippen MR) is 81.2 cm³/mol. The van der Waals surface area contributed by atoms with E-state index in [1.54, 1.807) is 7.11 Å². The zero-order chi connectivity index (χ0) is 13.4. The predicted octanol–water partition coefficient (Wildman–Crippen LogP) is 5.08. The molecule has 2 aliphatic rings. The quantitative estimate of drug-likeness (QED) is 0.616. The fourth-order valence-electron chi connectivity index (χ4n) is 2.55. The van der Waals surface area contributed by atoms with Gasteiger partial charge in [-0.25, -0.2) is 0 Å². The van der Waals surface area contributed by atoms with Crippen LogP contribution in [0.2, 0.25) is 0 Å². The van der Waals surface area contributed by atoms with Crippen molar-refractivity contribution in [1.82, 2.24) is 0 Å². The molecule has 0 atom stereocenters. The summed E-state index contributed by atoms with van der Waals surface area (Å²) in [6.45, 7) is 4.45. The van der Waals surface area contributed by atoms with Crippen LogP contribution >= 0.6 is 0 Å². The van der Waals surface area contributed by atoms with Crippen LogP contribution < -0.4 is 4.74 Å². The molecule has 0 unspecified atom stereocenters. The van der Waals surface area contributed by atoms with Gasteiger partial charge >= 0.3 is 0 Å². The first-order valence-corrected chi connectivity index (χ1v) is 6.69. The molecule has 0 bridgehead atoms. The van der Waals surface area contributed by atoms with Crippen LogP contribution in [-0.4, -0.2) is 7.11 Å². The van der Waals surface area contributed by atoms with E-state index < -0.39 is 0 Å². The van der Waals surface area contributed by atoms with E-state index in [1.165, 1.54) is 27.5 Å². The maximum absolute atomic E-state index is 5.33. The summed E-state index contributed by atoms with van der Waals surface area (Å²) in [6.07, 6.45) is 0. The molecule has 0 saturated carbocycles. The molecule has 1 nitrogen and oxygen atoms in total. The molecule has 1 aromatic carbocycles. The first kappa shape index (κ1) is 12.0. The molecule has 19 heavy (non-hydrogen) atoms. The van der Waals surface area contributed by atoms with E-state index in [4.69, 9.17) is 4.74 Å². The number of rotatable bonds is 2. The number of methoxy groups -OCH3 is 1. The molecule has 3 rings (SSSR count). The average Bonchev–Trinajstić information content (AvgIpc) is 2.61. The summed E-state index contributed by atoms with van der Waals surface area (Å²) >= 11 is 0. The minimum absolute atomic E-state index is 0.553. The third kappa shape index (κ3) is 2.06. The van der Waals surface area contributed by atoms with Crippen molar-refractivity contribution < 1.29 is 4.74 Å². The molecular formula is C18H18O. The van der Waals surface area contributed by atoms with Gasteiger partial charge in [0.25, 0.3) is 0 Å². The fraction of sp³-hybridized carbons (Fsp3) is 0.222. The molecule has 0 fully saturated rings. The minimum Gasteiger partial charge on any atom is -0.497 e. The Morgan fingerprint density at radius 1 is 0.895 bits per heavy atom. The first-order valence-electron chi connectivity index (χ1n) is 6.69. The lowest BCUT2D eigenvalue weighted by Crippen LogP contribution is -1.81. The zero-order valence-corrected chi connectivity index (χ0v) is 11.6. The normalized spacial score (nSPS) is 11.4. The van der Waals surface area contributed by atoms with Gasteiger partial charge in [-0.05, 0) is 51.6 Å². The van der Waals surface area contributed by atoms with Gasteiger partial charge in [0.05, 0.1) is 7.11 Å². The van der Waals surface area contributed by atoms with Gasteiger partial charge in [-0.1, -0.05) is 44.2 Å².